The van der Waals surface area contributed by atoms with E-state index >= 15 is 0 Å². The molecule has 1 aromatic carbocycles. The molecule has 1 N–H and O–H groups in total. The van der Waals surface area contributed by atoms with Crippen molar-refractivity contribution in [3.63, 3.8) is 0 Å². The van der Waals surface area contributed by atoms with E-state index in [9.17, 15) is 0 Å². The fraction of sp³-hybridized carbons (Fsp3) is 0.308. The first-order valence-electron chi connectivity index (χ1n) is 5.72. The maximum atomic E-state index is 4.47. The summed E-state index contributed by atoms with van der Waals surface area (Å²) in [6.45, 7) is 0. The number of rotatable bonds is 2. The zero-order valence-electron chi connectivity index (χ0n) is 9.32. The number of thioether (sulfide) groups is 1. The molecule has 2 heterocycles. The molecule has 17 heavy (non-hydrogen) atoms. The van der Waals surface area contributed by atoms with E-state index in [2.05, 4.69) is 44.4 Å². The van der Waals surface area contributed by atoms with Gasteiger partial charge >= 0.3 is 0 Å². The molecule has 0 aliphatic carbocycles. The van der Waals surface area contributed by atoms with Crippen molar-refractivity contribution in [3.05, 3.63) is 34.9 Å². The fourth-order valence-electron chi connectivity index (χ4n) is 2.13. The second-order valence-electron chi connectivity index (χ2n) is 4.20. The number of pyridine rings is 1. The summed E-state index contributed by atoms with van der Waals surface area (Å²) in [4.78, 5) is 4.47. The summed E-state index contributed by atoms with van der Waals surface area (Å²) in [7, 11) is 0. The van der Waals surface area contributed by atoms with Crippen molar-refractivity contribution in [2.45, 2.75) is 12.5 Å². The summed E-state index contributed by atoms with van der Waals surface area (Å²) < 4.78 is 1.13. The molecule has 1 aliphatic heterocycles. The van der Waals surface area contributed by atoms with E-state index in [1.165, 1.54) is 28.7 Å². The van der Waals surface area contributed by atoms with Crippen molar-refractivity contribution in [1.82, 2.24) is 4.98 Å². The number of benzene rings is 1. The molecular formula is C13H13BrN2S. The predicted octanol–water partition coefficient (Wildman–Crippen LogP) is 3.91. The third-order valence-electron chi connectivity index (χ3n) is 3.02. The number of halogens is 1. The molecule has 2 nitrogen and oxygen atoms in total. The molecule has 1 atom stereocenters. The van der Waals surface area contributed by atoms with Gasteiger partial charge in [-0.2, -0.15) is 11.8 Å². The molecule has 1 unspecified atom stereocenters. The molecular weight excluding hydrogens is 296 g/mol. The minimum absolute atomic E-state index is 0.567. The normalized spacial score (nSPS) is 19.7. The molecule has 4 heteroatoms. The Morgan fingerprint density at radius 1 is 1.29 bits per heavy atom. The van der Waals surface area contributed by atoms with E-state index < -0.39 is 0 Å². The van der Waals surface area contributed by atoms with Crippen LogP contribution in [0.3, 0.4) is 0 Å². The largest absolute Gasteiger partial charge is 0.366 e. The molecule has 1 saturated heterocycles. The van der Waals surface area contributed by atoms with Crippen LogP contribution in [-0.4, -0.2) is 22.5 Å². The quantitative estimate of drug-likeness (QED) is 0.910. The highest BCUT2D eigenvalue weighted by atomic mass is 79.9. The molecule has 0 saturated carbocycles. The Bertz CT molecular complexity index is 538. The van der Waals surface area contributed by atoms with E-state index in [0.717, 1.165) is 10.3 Å². The maximum Gasteiger partial charge on any atom is 0.134 e. The predicted molar refractivity (Wildman–Crippen MR) is 78.8 cm³/mol. The van der Waals surface area contributed by atoms with Crippen molar-refractivity contribution in [3.8, 4) is 0 Å². The van der Waals surface area contributed by atoms with E-state index in [1.54, 1.807) is 0 Å². The highest BCUT2D eigenvalue weighted by Crippen LogP contribution is 2.29. The second kappa shape index (κ2) is 4.86. The number of nitrogens with zero attached hydrogens (tertiary/aromatic N) is 1. The van der Waals surface area contributed by atoms with Gasteiger partial charge in [0.25, 0.3) is 0 Å². The van der Waals surface area contributed by atoms with Crippen LogP contribution in [0, 0.1) is 0 Å². The molecule has 0 amide bonds. The molecule has 2 aromatic rings. The molecule has 1 aromatic heterocycles. The molecule has 1 aliphatic rings. The Balaban J connectivity index is 2.01. The summed E-state index contributed by atoms with van der Waals surface area (Å²) in [5.41, 5.74) is 0. The molecule has 88 valence electrons. The molecule has 0 spiro atoms. The molecule has 3 rings (SSSR count). The van der Waals surface area contributed by atoms with Gasteiger partial charge in [0.15, 0.2) is 0 Å². The zero-order chi connectivity index (χ0) is 11.7. The van der Waals surface area contributed by atoms with Gasteiger partial charge in [0.05, 0.1) is 0 Å². The van der Waals surface area contributed by atoms with Gasteiger partial charge in [0.1, 0.15) is 5.82 Å². The lowest BCUT2D eigenvalue weighted by atomic mass is 10.1. The first-order valence-corrected chi connectivity index (χ1v) is 7.67. The van der Waals surface area contributed by atoms with Crippen molar-refractivity contribution < 1.29 is 0 Å². The van der Waals surface area contributed by atoms with Crippen LogP contribution < -0.4 is 5.32 Å². The van der Waals surface area contributed by atoms with Crippen LogP contribution >= 0.6 is 27.7 Å². The smallest absolute Gasteiger partial charge is 0.134 e. The minimum Gasteiger partial charge on any atom is -0.366 e. The zero-order valence-corrected chi connectivity index (χ0v) is 11.7. The molecule has 0 radical (unpaired) electrons. The number of aromatic nitrogens is 1. The van der Waals surface area contributed by atoms with Crippen LogP contribution in [0.4, 0.5) is 5.82 Å². The number of hydrogen-bond donors (Lipinski definition) is 1. The van der Waals surface area contributed by atoms with Gasteiger partial charge in [-0.05, 0) is 24.3 Å². The Morgan fingerprint density at radius 2 is 2.24 bits per heavy atom. The first-order chi connectivity index (χ1) is 8.34. The highest BCUT2D eigenvalue weighted by molar-refractivity contribution is 9.10. The summed E-state index contributed by atoms with van der Waals surface area (Å²) in [5.74, 6) is 3.45. The van der Waals surface area contributed by atoms with Crippen molar-refractivity contribution in [1.29, 1.82) is 0 Å². The van der Waals surface area contributed by atoms with Gasteiger partial charge in [-0.25, -0.2) is 4.98 Å². The SMILES string of the molecule is Brc1cccc2c(NC3CCSC3)nccc12. The van der Waals surface area contributed by atoms with Crippen LogP contribution in [0.15, 0.2) is 34.9 Å². The maximum absolute atomic E-state index is 4.47. The fourth-order valence-corrected chi connectivity index (χ4v) is 3.78. The van der Waals surface area contributed by atoms with Gasteiger partial charge in [-0.3, -0.25) is 0 Å². The Kier molecular flexibility index (Phi) is 3.25. The van der Waals surface area contributed by atoms with Crippen LogP contribution in [0.2, 0.25) is 0 Å². The van der Waals surface area contributed by atoms with Crippen molar-refractivity contribution in [2.75, 3.05) is 16.8 Å². The standard InChI is InChI=1S/C13H13BrN2S/c14-12-3-1-2-11-10(12)4-6-15-13(11)16-9-5-7-17-8-9/h1-4,6,9H,5,7-8H2,(H,15,16). The van der Waals surface area contributed by atoms with Gasteiger partial charge in [0, 0.05) is 33.2 Å². The van der Waals surface area contributed by atoms with E-state index in [1.807, 2.05) is 24.0 Å². The van der Waals surface area contributed by atoms with Crippen LogP contribution in [0.25, 0.3) is 10.8 Å². The lowest BCUT2D eigenvalue weighted by Crippen LogP contribution is -2.19. The monoisotopic (exact) mass is 308 g/mol. The number of anilines is 1. The summed E-state index contributed by atoms with van der Waals surface area (Å²) in [6.07, 6.45) is 3.11. The van der Waals surface area contributed by atoms with E-state index in [-0.39, 0.29) is 0 Å². The van der Waals surface area contributed by atoms with E-state index in [0.29, 0.717) is 6.04 Å². The Hall–Kier alpha value is -0.740. The third-order valence-corrected chi connectivity index (χ3v) is 4.88. The lowest BCUT2D eigenvalue weighted by Gasteiger charge is -2.14. The van der Waals surface area contributed by atoms with Crippen molar-refractivity contribution in [2.24, 2.45) is 0 Å². The van der Waals surface area contributed by atoms with Gasteiger partial charge in [-0.1, -0.05) is 28.1 Å². The third kappa shape index (κ3) is 2.29. The van der Waals surface area contributed by atoms with E-state index in [4.69, 9.17) is 0 Å². The molecule has 1 fully saturated rings. The Morgan fingerprint density at radius 3 is 3.06 bits per heavy atom. The lowest BCUT2D eigenvalue weighted by molar-refractivity contribution is 0.808. The summed E-state index contributed by atoms with van der Waals surface area (Å²) >= 11 is 5.59. The average molecular weight is 309 g/mol. The van der Waals surface area contributed by atoms with Gasteiger partial charge in [-0.15, -0.1) is 0 Å². The number of nitrogens with one attached hydrogen (secondary N) is 1. The van der Waals surface area contributed by atoms with Crippen LogP contribution in [-0.2, 0) is 0 Å². The number of fused-ring (bicyclic) bond motifs is 1. The minimum atomic E-state index is 0.567. The first kappa shape index (κ1) is 11.4. The van der Waals surface area contributed by atoms with Crippen LogP contribution in [0.5, 0.6) is 0 Å². The summed E-state index contributed by atoms with van der Waals surface area (Å²) in [5, 5.41) is 5.97. The van der Waals surface area contributed by atoms with Gasteiger partial charge < -0.3 is 5.32 Å². The summed E-state index contributed by atoms with van der Waals surface area (Å²) in [6, 6.07) is 8.86. The topological polar surface area (TPSA) is 24.9 Å². The highest BCUT2D eigenvalue weighted by Gasteiger charge is 2.16. The van der Waals surface area contributed by atoms with Crippen molar-refractivity contribution >= 4 is 44.3 Å². The molecule has 0 bridgehead atoms. The second-order valence-corrected chi connectivity index (χ2v) is 6.20. The number of hydrogen-bond acceptors (Lipinski definition) is 3. The van der Waals surface area contributed by atoms with Crippen LogP contribution in [0.1, 0.15) is 6.42 Å². The average Bonchev–Trinajstić information content (AvgIpc) is 2.83. The van der Waals surface area contributed by atoms with Gasteiger partial charge in [0.2, 0.25) is 0 Å². The Labute approximate surface area is 113 Å².